The lowest BCUT2D eigenvalue weighted by Crippen LogP contribution is -2.61. The minimum Gasteiger partial charge on any atom is -0.379 e. The zero-order valence-electron chi connectivity index (χ0n) is 11.9. The van der Waals surface area contributed by atoms with Crippen molar-refractivity contribution in [3.05, 3.63) is 12.3 Å². The summed E-state index contributed by atoms with van der Waals surface area (Å²) in [4.78, 5) is 4.74. The average molecular weight is 307 g/mol. The molecule has 1 spiro atoms. The van der Waals surface area contributed by atoms with Crippen LogP contribution in [0.3, 0.4) is 0 Å². The van der Waals surface area contributed by atoms with Gasteiger partial charge in [0, 0.05) is 32.3 Å². The first kappa shape index (κ1) is 13.2. The van der Waals surface area contributed by atoms with Gasteiger partial charge in [0.25, 0.3) is 0 Å². The fourth-order valence-electron chi connectivity index (χ4n) is 3.02. The number of aromatic nitrogens is 3. The van der Waals surface area contributed by atoms with E-state index in [0.717, 1.165) is 55.1 Å². The van der Waals surface area contributed by atoms with Crippen LogP contribution >= 0.6 is 11.3 Å². The van der Waals surface area contributed by atoms with E-state index in [9.17, 15) is 0 Å². The zero-order valence-corrected chi connectivity index (χ0v) is 12.7. The number of anilines is 1. The molecule has 1 atom stereocenters. The van der Waals surface area contributed by atoms with Crippen LogP contribution in [0, 0.1) is 0 Å². The van der Waals surface area contributed by atoms with Gasteiger partial charge >= 0.3 is 0 Å². The Morgan fingerprint density at radius 2 is 2.29 bits per heavy atom. The van der Waals surface area contributed by atoms with Crippen molar-refractivity contribution in [1.29, 1.82) is 0 Å². The highest BCUT2D eigenvalue weighted by molar-refractivity contribution is 7.18. The topological polar surface area (TPSA) is 67.5 Å². The van der Waals surface area contributed by atoms with Gasteiger partial charge in [0.15, 0.2) is 5.01 Å². The van der Waals surface area contributed by atoms with E-state index in [1.165, 1.54) is 0 Å². The molecular weight excluding hydrogens is 290 g/mol. The summed E-state index contributed by atoms with van der Waals surface area (Å²) in [6.45, 7) is 4.57. The molecule has 0 N–H and O–H groups in total. The summed E-state index contributed by atoms with van der Waals surface area (Å²) < 4.78 is 10.5. The molecule has 7 nitrogen and oxygen atoms in total. The lowest BCUT2D eigenvalue weighted by atomic mass is 9.94. The second kappa shape index (κ2) is 5.04. The number of ether oxygens (including phenoxy) is 1. The smallest absolute Gasteiger partial charge is 0.208 e. The van der Waals surface area contributed by atoms with Gasteiger partial charge in [-0.15, -0.1) is 10.2 Å². The van der Waals surface area contributed by atoms with Crippen LogP contribution in [0.15, 0.2) is 16.9 Å². The van der Waals surface area contributed by atoms with Gasteiger partial charge in [-0.3, -0.25) is 4.90 Å². The van der Waals surface area contributed by atoms with Crippen molar-refractivity contribution >= 4 is 16.5 Å². The predicted molar refractivity (Wildman–Crippen MR) is 78.4 cm³/mol. The normalized spacial score (nSPS) is 26.8. The van der Waals surface area contributed by atoms with Crippen LogP contribution in [0.2, 0.25) is 0 Å². The lowest BCUT2D eigenvalue weighted by molar-refractivity contribution is 0.0777. The molecule has 0 radical (unpaired) electrons. The Balaban J connectivity index is 1.56. The third-order valence-corrected chi connectivity index (χ3v) is 5.43. The second-order valence-electron chi connectivity index (χ2n) is 5.64. The fourth-order valence-corrected chi connectivity index (χ4v) is 3.85. The first-order chi connectivity index (χ1) is 10.3. The Morgan fingerprint density at radius 1 is 1.33 bits per heavy atom. The van der Waals surface area contributed by atoms with Crippen molar-refractivity contribution in [2.24, 2.45) is 0 Å². The van der Waals surface area contributed by atoms with Gasteiger partial charge in [-0.05, 0) is 13.5 Å². The van der Waals surface area contributed by atoms with Gasteiger partial charge in [-0.1, -0.05) is 16.5 Å². The maximum Gasteiger partial charge on any atom is 0.208 e. The molecule has 0 amide bonds. The van der Waals surface area contributed by atoms with Crippen LogP contribution in [0.4, 0.5) is 5.13 Å². The van der Waals surface area contributed by atoms with Crippen LogP contribution in [0.5, 0.6) is 0 Å². The number of likely N-dealkylation sites (N-methyl/N-ethyl adjacent to an activating group) is 1. The van der Waals surface area contributed by atoms with Crippen LogP contribution in [-0.2, 0) is 4.74 Å². The first-order valence-electron chi connectivity index (χ1n) is 7.05. The monoisotopic (exact) mass is 307 g/mol. The van der Waals surface area contributed by atoms with Crippen molar-refractivity contribution < 1.29 is 9.26 Å². The number of piperazine rings is 1. The fraction of sp³-hybridized carbons (Fsp3) is 0.615. The highest BCUT2D eigenvalue weighted by Gasteiger charge is 2.43. The first-order valence-corrected chi connectivity index (χ1v) is 7.87. The van der Waals surface area contributed by atoms with Gasteiger partial charge in [-0.2, -0.15) is 0 Å². The second-order valence-corrected chi connectivity index (χ2v) is 6.60. The third kappa shape index (κ3) is 2.23. The van der Waals surface area contributed by atoms with E-state index in [-0.39, 0.29) is 5.54 Å². The molecule has 2 aromatic heterocycles. The Hall–Kier alpha value is -1.51. The molecule has 0 bridgehead atoms. The number of rotatable bonds is 2. The maximum atomic E-state index is 5.63. The van der Waals surface area contributed by atoms with Crippen LogP contribution < -0.4 is 4.90 Å². The number of nitrogens with zero attached hydrogens (tertiary/aromatic N) is 5. The third-order valence-electron chi connectivity index (χ3n) is 4.42. The summed E-state index contributed by atoms with van der Waals surface area (Å²) in [5.74, 6) is 0. The molecule has 0 saturated carbocycles. The highest BCUT2D eigenvalue weighted by Crippen LogP contribution is 2.34. The summed E-state index contributed by atoms with van der Waals surface area (Å²) in [6.07, 6.45) is 2.63. The molecular formula is C13H17N5O2S. The van der Waals surface area contributed by atoms with Crippen molar-refractivity contribution in [3.63, 3.8) is 0 Å². The summed E-state index contributed by atoms with van der Waals surface area (Å²) in [5.41, 5.74) is 0.865. The molecule has 2 aliphatic heterocycles. The zero-order chi connectivity index (χ0) is 14.3. The van der Waals surface area contributed by atoms with Crippen molar-refractivity contribution in [1.82, 2.24) is 20.3 Å². The van der Waals surface area contributed by atoms with E-state index in [1.807, 2.05) is 0 Å². The molecule has 2 aromatic rings. The molecule has 4 heterocycles. The van der Waals surface area contributed by atoms with Crippen LogP contribution in [-0.4, -0.2) is 65.7 Å². The SMILES string of the molecule is CN1CCN(c2nnc(-c3ccon3)s2)C[C@@]12CCOC2. The predicted octanol–water partition coefficient (Wildman–Crippen LogP) is 1.10. The Bertz CT molecular complexity index is 608. The molecule has 0 unspecified atom stereocenters. The average Bonchev–Trinajstić information content (AvgIpc) is 3.22. The molecule has 112 valence electrons. The van der Waals surface area contributed by atoms with Gasteiger partial charge in [-0.25, -0.2) is 0 Å². The lowest BCUT2D eigenvalue weighted by Gasteiger charge is -2.46. The summed E-state index contributed by atoms with van der Waals surface area (Å²) in [5, 5.41) is 14.2. The molecule has 0 aliphatic carbocycles. The number of hydrogen-bond donors (Lipinski definition) is 0. The number of hydrogen-bond acceptors (Lipinski definition) is 8. The van der Waals surface area contributed by atoms with Gasteiger partial charge in [0.1, 0.15) is 12.0 Å². The molecule has 8 heteroatoms. The van der Waals surface area contributed by atoms with Crippen LogP contribution in [0.1, 0.15) is 6.42 Å². The van der Waals surface area contributed by atoms with E-state index < -0.39 is 0 Å². The van der Waals surface area contributed by atoms with E-state index >= 15 is 0 Å². The molecule has 4 rings (SSSR count). The van der Waals surface area contributed by atoms with E-state index in [1.54, 1.807) is 23.7 Å². The Labute approximate surface area is 126 Å². The van der Waals surface area contributed by atoms with Crippen molar-refractivity contribution in [3.8, 4) is 10.7 Å². The van der Waals surface area contributed by atoms with E-state index in [2.05, 4.69) is 32.2 Å². The summed E-state index contributed by atoms with van der Waals surface area (Å²) >= 11 is 1.56. The van der Waals surface area contributed by atoms with Crippen molar-refractivity contribution in [2.45, 2.75) is 12.0 Å². The van der Waals surface area contributed by atoms with Crippen LogP contribution in [0.25, 0.3) is 10.7 Å². The van der Waals surface area contributed by atoms with Gasteiger partial charge < -0.3 is 14.2 Å². The van der Waals surface area contributed by atoms with E-state index in [0.29, 0.717) is 0 Å². The molecule has 2 saturated heterocycles. The maximum absolute atomic E-state index is 5.63. The van der Waals surface area contributed by atoms with E-state index in [4.69, 9.17) is 9.26 Å². The minimum atomic E-state index is 0.123. The molecule has 2 aliphatic rings. The Morgan fingerprint density at radius 3 is 3.05 bits per heavy atom. The molecule has 0 aromatic carbocycles. The quantitative estimate of drug-likeness (QED) is 0.823. The summed E-state index contributed by atoms with van der Waals surface area (Å²) in [6, 6.07) is 1.81. The van der Waals surface area contributed by atoms with Gasteiger partial charge in [0.05, 0.1) is 12.1 Å². The van der Waals surface area contributed by atoms with Crippen molar-refractivity contribution in [2.75, 3.05) is 44.8 Å². The van der Waals surface area contributed by atoms with Gasteiger partial charge in [0.2, 0.25) is 5.13 Å². The minimum absolute atomic E-state index is 0.123. The molecule has 21 heavy (non-hydrogen) atoms. The highest BCUT2D eigenvalue weighted by atomic mass is 32.1. The standard InChI is InChI=1S/C13H17N5O2S/c1-17-4-5-18(8-13(17)3-7-19-9-13)12-15-14-11(21-12)10-2-6-20-16-10/h2,6H,3-5,7-9H2,1H3/t13-/m1/s1. The Kier molecular flexibility index (Phi) is 3.16. The largest absolute Gasteiger partial charge is 0.379 e. The summed E-state index contributed by atoms with van der Waals surface area (Å²) in [7, 11) is 2.19. The molecule has 2 fully saturated rings.